The molecule has 18 heavy (non-hydrogen) atoms. The molecule has 1 rings (SSSR count). The third-order valence-electron chi connectivity index (χ3n) is 2.29. The fourth-order valence-corrected chi connectivity index (χ4v) is 2.14. The molecule has 0 radical (unpaired) electrons. The third-order valence-corrected chi connectivity index (χ3v) is 2.89. The number of carbonyl (C=O) groups is 1. The number of hydrogen-bond acceptors (Lipinski definition) is 5. The Bertz CT molecular complexity index is 394. The molecule has 1 saturated carbocycles. The highest BCUT2D eigenvalue weighted by molar-refractivity contribution is 7.86. The van der Waals surface area contributed by atoms with Gasteiger partial charge in [0, 0.05) is 6.54 Å². The summed E-state index contributed by atoms with van der Waals surface area (Å²) in [5.74, 6) is 0.203. The molecule has 1 fully saturated rings. The van der Waals surface area contributed by atoms with Gasteiger partial charge in [0.15, 0.2) is 0 Å². The standard InChI is InChI=1S/C11H21NO5S/c1-11(2,3)16-10(13)12-7-9(8-5-6-8)17-18(4,14)15/h8-9H,5-7H2,1-4H3,(H,12,13). The average molecular weight is 279 g/mol. The van der Waals surface area contributed by atoms with E-state index in [-0.39, 0.29) is 12.5 Å². The topological polar surface area (TPSA) is 81.7 Å². The van der Waals surface area contributed by atoms with Crippen LogP contribution in [-0.4, -0.2) is 39.0 Å². The Balaban J connectivity index is 2.41. The molecule has 0 heterocycles. The number of nitrogens with one attached hydrogen (secondary N) is 1. The van der Waals surface area contributed by atoms with Gasteiger partial charge in [0.1, 0.15) is 5.60 Å². The summed E-state index contributed by atoms with van der Waals surface area (Å²) in [6.45, 7) is 5.43. The maximum absolute atomic E-state index is 11.4. The van der Waals surface area contributed by atoms with Crippen LogP contribution >= 0.6 is 0 Å². The maximum atomic E-state index is 11.4. The minimum absolute atomic E-state index is 0.145. The molecule has 1 amide bonds. The molecular weight excluding hydrogens is 258 g/mol. The number of rotatable bonds is 5. The lowest BCUT2D eigenvalue weighted by molar-refractivity contribution is 0.0496. The molecule has 106 valence electrons. The van der Waals surface area contributed by atoms with Gasteiger partial charge in [-0.05, 0) is 39.5 Å². The van der Waals surface area contributed by atoms with Gasteiger partial charge < -0.3 is 10.1 Å². The van der Waals surface area contributed by atoms with Crippen LogP contribution in [0.25, 0.3) is 0 Å². The lowest BCUT2D eigenvalue weighted by Crippen LogP contribution is -2.39. The van der Waals surface area contributed by atoms with Gasteiger partial charge >= 0.3 is 6.09 Å². The first-order valence-corrected chi connectivity index (χ1v) is 7.73. The molecule has 1 unspecified atom stereocenters. The predicted molar refractivity (Wildman–Crippen MR) is 66.7 cm³/mol. The smallest absolute Gasteiger partial charge is 0.407 e. The van der Waals surface area contributed by atoms with Gasteiger partial charge in [-0.1, -0.05) is 0 Å². The second kappa shape index (κ2) is 5.44. The molecular formula is C11H21NO5S. The van der Waals surface area contributed by atoms with Crippen molar-refractivity contribution in [3.8, 4) is 0 Å². The Morgan fingerprint density at radius 2 is 1.94 bits per heavy atom. The Hall–Kier alpha value is -0.820. The Labute approximate surface area is 108 Å². The first-order valence-electron chi connectivity index (χ1n) is 5.92. The number of hydrogen-bond donors (Lipinski definition) is 1. The van der Waals surface area contributed by atoms with Crippen LogP contribution in [0, 0.1) is 5.92 Å². The van der Waals surface area contributed by atoms with Crippen molar-refractivity contribution < 1.29 is 22.1 Å². The van der Waals surface area contributed by atoms with Gasteiger partial charge in [0.25, 0.3) is 10.1 Å². The molecule has 0 aliphatic heterocycles. The van der Waals surface area contributed by atoms with E-state index in [4.69, 9.17) is 8.92 Å². The van der Waals surface area contributed by atoms with Crippen molar-refractivity contribution in [3.63, 3.8) is 0 Å². The van der Waals surface area contributed by atoms with E-state index in [0.717, 1.165) is 19.1 Å². The van der Waals surface area contributed by atoms with E-state index in [1.54, 1.807) is 20.8 Å². The summed E-state index contributed by atoms with van der Waals surface area (Å²) < 4.78 is 32.2. The van der Waals surface area contributed by atoms with Crippen LogP contribution in [0.2, 0.25) is 0 Å². The zero-order chi connectivity index (χ0) is 14.0. The van der Waals surface area contributed by atoms with E-state index >= 15 is 0 Å². The van der Waals surface area contributed by atoms with Crippen LogP contribution in [0.3, 0.4) is 0 Å². The molecule has 0 aromatic carbocycles. The highest BCUT2D eigenvalue weighted by Crippen LogP contribution is 2.34. The SMILES string of the molecule is CC(C)(C)OC(=O)NCC(OS(C)(=O)=O)C1CC1. The third kappa shape index (κ3) is 6.80. The summed E-state index contributed by atoms with van der Waals surface area (Å²) in [5.41, 5.74) is -0.573. The van der Waals surface area contributed by atoms with Crippen LogP contribution in [-0.2, 0) is 19.0 Å². The zero-order valence-corrected chi connectivity index (χ0v) is 12.0. The molecule has 0 saturated heterocycles. The lowest BCUT2D eigenvalue weighted by atomic mass is 10.2. The summed E-state index contributed by atoms with van der Waals surface area (Å²) in [6.07, 6.45) is 1.81. The van der Waals surface area contributed by atoms with Crippen molar-refractivity contribution in [2.45, 2.75) is 45.3 Å². The molecule has 1 N–H and O–H groups in total. The summed E-state index contributed by atoms with van der Waals surface area (Å²) in [7, 11) is -3.50. The number of amides is 1. The van der Waals surface area contributed by atoms with Gasteiger partial charge in [0.05, 0.1) is 12.4 Å². The van der Waals surface area contributed by atoms with Gasteiger partial charge in [-0.3, -0.25) is 4.18 Å². The quantitative estimate of drug-likeness (QED) is 0.766. The molecule has 0 spiro atoms. The van der Waals surface area contributed by atoms with Crippen molar-refractivity contribution in [1.82, 2.24) is 5.32 Å². The molecule has 0 bridgehead atoms. The summed E-state index contributed by atoms with van der Waals surface area (Å²) >= 11 is 0. The van der Waals surface area contributed by atoms with Gasteiger partial charge in [0.2, 0.25) is 0 Å². The van der Waals surface area contributed by atoms with Crippen molar-refractivity contribution in [3.05, 3.63) is 0 Å². The maximum Gasteiger partial charge on any atom is 0.407 e. The molecule has 0 aromatic heterocycles. The molecule has 1 aliphatic rings. The minimum atomic E-state index is -3.50. The summed E-state index contributed by atoms with van der Waals surface area (Å²) in [4.78, 5) is 11.4. The highest BCUT2D eigenvalue weighted by atomic mass is 32.2. The van der Waals surface area contributed by atoms with E-state index in [9.17, 15) is 13.2 Å². The van der Waals surface area contributed by atoms with Crippen LogP contribution < -0.4 is 5.32 Å². The van der Waals surface area contributed by atoms with Crippen LogP contribution in [0.15, 0.2) is 0 Å². The molecule has 7 heteroatoms. The Kier molecular flexibility index (Phi) is 4.61. The first kappa shape index (κ1) is 15.2. The van der Waals surface area contributed by atoms with Crippen molar-refractivity contribution >= 4 is 16.2 Å². The second-order valence-corrected chi connectivity index (χ2v) is 7.16. The van der Waals surface area contributed by atoms with Gasteiger partial charge in [-0.15, -0.1) is 0 Å². The molecule has 0 aromatic rings. The molecule has 1 aliphatic carbocycles. The Morgan fingerprint density at radius 3 is 2.33 bits per heavy atom. The van der Waals surface area contributed by atoms with Crippen molar-refractivity contribution in [2.24, 2.45) is 5.92 Å². The van der Waals surface area contributed by atoms with Crippen LogP contribution in [0.5, 0.6) is 0 Å². The highest BCUT2D eigenvalue weighted by Gasteiger charge is 2.34. The summed E-state index contributed by atoms with van der Waals surface area (Å²) in [6, 6.07) is 0. The summed E-state index contributed by atoms with van der Waals surface area (Å²) in [5, 5.41) is 2.53. The Morgan fingerprint density at radius 1 is 1.39 bits per heavy atom. The van der Waals surface area contributed by atoms with Crippen molar-refractivity contribution in [2.75, 3.05) is 12.8 Å². The monoisotopic (exact) mass is 279 g/mol. The number of ether oxygens (including phenoxy) is 1. The molecule has 1 atom stereocenters. The second-order valence-electron chi connectivity index (χ2n) is 5.56. The van der Waals surface area contributed by atoms with Gasteiger partial charge in [-0.2, -0.15) is 8.42 Å². The predicted octanol–water partition coefficient (Wildman–Crippen LogP) is 1.27. The van der Waals surface area contributed by atoms with E-state index in [0.29, 0.717) is 0 Å². The minimum Gasteiger partial charge on any atom is -0.444 e. The van der Waals surface area contributed by atoms with Crippen molar-refractivity contribution in [1.29, 1.82) is 0 Å². The largest absolute Gasteiger partial charge is 0.444 e. The fourth-order valence-electron chi connectivity index (χ4n) is 1.47. The van der Waals surface area contributed by atoms with E-state index < -0.39 is 27.9 Å². The van der Waals surface area contributed by atoms with Gasteiger partial charge in [-0.25, -0.2) is 4.79 Å². The van der Waals surface area contributed by atoms with E-state index in [1.165, 1.54) is 0 Å². The van der Waals surface area contributed by atoms with E-state index in [1.807, 2.05) is 0 Å². The lowest BCUT2D eigenvalue weighted by Gasteiger charge is -2.21. The average Bonchev–Trinajstić information content (AvgIpc) is 2.90. The normalized spacial score (nSPS) is 18.2. The molecule has 6 nitrogen and oxygen atoms in total. The van der Waals surface area contributed by atoms with Crippen LogP contribution in [0.4, 0.5) is 4.79 Å². The zero-order valence-electron chi connectivity index (χ0n) is 11.2. The van der Waals surface area contributed by atoms with Crippen LogP contribution in [0.1, 0.15) is 33.6 Å². The van der Waals surface area contributed by atoms with E-state index in [2.05, 4.69) is 5.32 Å². The number of alkyl carbamates (subject to hydrolysis) is 1. The fraction of sp³-hybridized carbons (Fsp3) is 0.909. The first-order chi connectivity index (χ1) is 8.07. The number of carbonyl (C=O) groups excluding carboxylic acids is 1.